The predicted octanol–water partition coefficient (Wildman–Crippen LogP) is 4.51. The van der Waals surface area contributed by atoms with Crippen molar-refractivity contribution in [2.45, 2.75) is 13.3 Å². The van der Waals surface area contributed by atoms with Crippen molar-refractivity contribution in [1.82, 2.24) is 0 Å². The van der Waals surface area contributed by atoms with Gasteiger partial charge in [-0.15, -0.1) is 6.42 Å². The van der Waals surface area contributed by atoms with E-state index in [2.05, 4.69) is 48.5 Å². The average Bonchev–Trinajstić information content (AvgIpc) is 2.50. The maximum atomic E-state index is 5.58. The topological polar surface area (TPSA) is 12.0 Å². The Labute approximate surface area is 121 Å². The van der Waals surface area contributed by atoms with E-state index >= 15 is 0 Å². The molecule has 0 saturated carbocycles. The number of benzene rings is 2. The van der Waals surface area contributed by atoms with Gasteiger partial charge in [0.15, 0.2) is 0 Å². The second kappa shape index (κ2) is 7.21. The first-order valence-corrected chi connectivity index (χ1v) is 6.82. The quantitative estimate of drug-likeness (QED) is 0.616. The summed E-state index contributed by atoms with van der Waals surface area (Å²) in [5, 5.41) is 3.39. The summed E-state index contributed by atoms with van der Waals surface area (Å²) >= 11 is 0. The zero-order valence-corrected chi connectivity index (χ0v) is 11.8. The van der Waals surface area contributed by atoms with E-state index in [1.165, 1.54) is 5.56 Å². The largest absolute Gasteiger partial charge is 0.385 e. The number of aryl methyl sites for hydroxylation is 1. The first kappa shape index (κ1) is 14.0. The standard InChI is InChI=1S/C19H19N/c1-3-17(18-8-5-4-6-9-18)10-7-15-20-19-13-11-16(2)12-14-19/h1,4-6,8-14,20H,7,15H2,2H3/b17-10+. The molecular formula is C19H19N. The van der Waals surface area contributed by atoms with Crippen LogP contribution in [0.25, 0.3) is 5.57 Å². The molecule has 0 saturated heterocycles. The van der Waals surface area contributed by atoms with Gasteiger partial charge in [-0.05, 0) is 31.0 Å². The van der Waals surface area contributed by atoms with Crippen LogP contribution in [0.3, 0.4) is 0 Å². The van der Waals surface area contributed by atoms with Gasteiger partial charge in [0.05, 0.1) is 0 Å². The van der Waals surface area contributed by atoms with Crippen LogP contribution in [0.1, 0.15) is 17.5 Å². The number of nitrogens with one attached hydrogen (secondary N) is 1. The molecule has 0 heterocycles. The number of rotatable bonds is 5. The molecule has 0 aliphatic heterocycles. The first-order valence-electron chi connectivity index (χ1n) is 6.82. The zero-order valence-electron chi connectivity index (χ0n) is 11.8. The number of anilines is 1. The minimum absolute atomic E-state index is 0.876. The molecule has 0 fully saturated rings. The van der Waals surface area contributed by atoms with E-state index in [-0.39, 0.29) is 0 Å². The van der Waals surface area contributed by atoms with E-state index < -0.39 is 0 Å². The van der Waals surface area contributed by atoms with Gasteiger partial charge in [0, 0.05) is 17.8 Å². The van der Waals surface area contributed by atoms with Crippen molar-refractivity contribution in [2.24, 2.45) is 0 Å². The lowest BCUT2D eigenvalue weighted by molar-refractivity contribution is 1.07. The molecule has 1 nitrogen and oxygen atoms in total. The molecular weight excluding hydrogens is 242 g/mol. The third-order valence-electron chi connectivity index (χ3n) is 3.11. The Morgan fingerprint density at radius 2 is 1.80 bits per heavy atom. The van der Waals surface area contributed by atoms with Gasteiger partial charge in [0.2, 0.25) is 0 Å². The van der Waals surface area contributed by atoms with Gasteiger partial charge in [0.25, 0.3) is 0 Å². The SMILES string of the molecule is C#C/C(=C\CCNc1ccc(C)cc1)c1ccccc1. The molecule has 0 bridgehead atoms. The van der Waals surface area contributed by atoms with Crippen LogP contribution < -0.4 is 5.32 Å². The molecule has 0 aliphatic carbocycles. The van der Waals surface area contributed by atoms with Crippen LogP contribution in [0.4, 0.5) is 5.69 Å². The Morgan fingerprint density at radius 3 is 2.45 bits per heavy atom. The number of hydrogen-bond acceptors (Lipinski definition) is 1. The van der Waals surface area contributed by atoms with Crippen molar-refractivity contribution >= 4 is 11.3 Å². The lowest BCUT2D eigenvalue weighted by atomic mass is 10.1. The fourth-order valence-electron chi connectivity index (χ4n) is 1.98. The summed E-state index contributed by atoms with van der Waals surface area (Å²) in [6.45, 7) is 2.96. The van der Waals surface area contributed by atoms with E-state index in [1.807, 2.05) is 30.3 Å². The molecule has 2 aromatic rings. The Bertz CT molecular complexity index is 600. The van der Waals surface area contributed by atoms with Gasteiger partial charge in [-0.1, -0.05) is 60.0 Å². The number of terminal acetylenes is 1. The smallest absolute Gasteiger partial charge is 0.0340 e. The highest BCUT2D eigenvalue weighted by Crippen LogP contribution is 2.14. The van der Waals surface area contributed by atoms with Gasteiger partial charge in [-0.2, -0.15) is 0 Å². The van der Waals surface area contributed by atoms with Gasteiger partial charge in [-0.3, -0.25) is 0 Å². The van der Waals surface area contributed by atoms with E-state index in [4.69, 9.17) is 6.42 Å². The molecule has 100 valence electrons. The molecule has 0 radical (unpaired) electrons. The fraction of sp³-hybridized carbons (Fsp3) is 0.158. The first-order chi connectivity index (χ1) is 9.79. The van der Waals surface area contributed by atoms with Gasteiger partial charge in [0.1, 0.15) is 0 Å². The van der Waals surface area contributed by atoms with E-state index in [1.54, 1.807) is 0 Å². The van der Waals surface area contributed by atoms with Crippen LogP contribution in [0, 0.1) is 19.3 Å². The highest BCUT2D eigenvalue weighted by atomic mass is 14.9. The zero-order chi connectivity index (χ0) is 14.2. The maximum Gasteiger partial charge on any atom is 0.0340 e. The van der Waals surface area contributed by atoms with Crippen LogP contribution in [-0.4, -0.2) is 6.54 Å². The number of allylic oxidation sites excluding steroid dienone is 1. The van der Waals surface area contributed by atoms with Crippen LogP contribution in [0.5, 0.6) is 0 Å². The Kier molecular flexibility index (Phi) is 5.03. The highest BCUT2D eigenvalue weighted by molar-refractivity contribution is 5.78. The summed E-state index contributed by atoms with van der Waals surface area (Å²) in [6, 6.07) is 18.5. The van der Waals surface area contributed by atoms with Crippen molar-refractivity contribution in [3.8, 4) is 12.3 Å². The monoisotopic (exact) mass is 261 g/mol. The van der Waals surface area contributed by atoms with Crippen LogP contribution in [0.2, 0.25) is 0 Å². The summed E-state index contributed by atoms with van der Waals surface area (Å²) in [5.74, 6) is 2.76. The molecule has 20 heavy (non-hydrogen) atoms. The Hall–Kier alpha value is -2.46. The Balaban J connectivity index is 1.89. The summed E-state index contributed by atoms with van der Waals surface area (Å²) in [7, 11) is 0. The van der Waals surface area contributed by atoms with E-state index in [0.717, 1.165) is 29.8 Å². The summed E-state index contributed by atoms with van der Waals surface area (Å²) in [5.41, 5.74) is 4.47. The summed E-state index contributed by atoms with van der Waals surface area (Å²) < 4.78 is 0. The lowest BCUT2D eigenvalue weighted by Crippen LogP contribution is -2.00. The molecule has 0 amide bonds. The predicted molar refractivity (Wildman–Crippen MR) is 87.5 cm³/mol. The maximum absolute atomic E-state index is 5.58. The van der Waals surface area contributed by atoms with E-state index in [0.29, 0.717) is 0 Å². The van der Waals surface area contributed by atoms with Crippen LogP contribution in [0.15, 0.2) is 60.7 Å². The number of hydrogen-bond donors (Lipinski definition) is 1. The lowest BCUT2D eigenvalue weighted by Gasteiger charge is -2.05. The molecule has 0 atom stereocenters. The molecule has 0 aromatic heterocycles. The van der Waals surface area contributed by atoms with Crippen LogP contribution >= 0.6 is 0 Å². The summed E-state index contributed by atoms with van der Waals surface area (Å²) in [6.07, 6.45) is 8.59. The normalized spacial score (nSPS) is 10.9. The fourth-order valence-corrected chi connectivity index (χ4v) is 1.98. The summed E-state index contributed by atoms with van der Waals surface area (Å²) in [4.78, 5) is 0. The van der Waals surface area contributed by atoms with Gasteiger partial charge < -0.3 is 5.32 Å². The average molecular weight is 261 g/mol. The third-order valence-corrected chi connectivity index (χ3v) is 3.11. The third kappa shape index (κ3) is 4.03. The Morgan fingerprint density at radius 1 is 1.10 bits per heavy atom. The molecule has 1 N–H and O–H groups in total. The minimum Gasteiger partial charge on any atom is -0.385 e. The molecule has 2 aromatic carbocycles. The van der Waals surface area contributed by atoms with Crippen molar-refractivity contribution < 1.29 is 0 Å². The van der Waals surface area contributed by atoms with Crippen molar-refractivity contribution in [3.63, 3.8) is 0 Å². The van der Waals surface area contributed by atoms with Gasteiger partial charge >= 0.3 is 0 Å². The molecule has 0 aliphatic rings. The molecule has 0 unspecified atom stereocenters. The van der Waals surface area contributed by atoms with Crippen molar-refractivity contribution in [3.05, 3.63) is 71.8 Å². The highest BCUT2D eigenvalue weighted by Gasteiger charge is 1.96. The molecule has 0 spiro atoms. The second-order valence-electron chi connectivity index (χ2n) is 4.71. The van der Waals surface area contributed by atoms with Crippen molar-refractivity contribution in [2.75, 3.05) is 11.9 Å². The van der Waals surface area contributed by atoms with Crippen molar-refractivity contribution in [1.29, 1.82) is 0 Å². The molecule has 2 rings (SSSR count). The van der Waals surface area contributed by atoms with Crippen LogP contribution in [-0.2, 0) is 0 Å². The van der Waals surface area contributed by atoms with E-state index in [9.17, 15) is 0 Å². The van der Waals surface area contributed by atoms with Gasteiger partial charge in [-0.25, -0.2) is 0 Å². The minimum atomic E-state index is 0.876. The second-order valence-corrected chi connectivity index (χ2v) is 4.71. The molecule has 1 heteroatoms.